The van der Waals surface area contributed by atoms with Crippen molar-refractivity contribution >= 4 is 5.91 Å². The number of imidazole rings is 1. The van der Waals surface area contributed by atoms with Gasteiger partial charge in [-0.15, -0.1) is 0 Å². The summed E-state index contributed by atoms with van der Waals surface area (Å²) in [7, 11) is 0. The zero-order chi connectivity index (χ0) is 13.7. The Bertz CT molecular complexity index is 529. The number of hydrogen-bond donors (Lipinski definition) is 2. The fourth-order valence-corrected chi connectivity index (χ4v) is 1.95. The highest BCUT2D eigenvalue weighted by Gasteiger charge is 2.05. The number of nitrogens with one attached hydrogen (secondary N) is 2. The van der Waals surface area contributed by atoms with E-state index < -0.39 is 0 Å². The first-order valence-corrected chi connectivity index (χ1v) is 6.41. The summed E-state index contributed by atoms with van der Waals surface area (Å²) < 4.78 is 1.86. The number of amides is 1. The van der Waals surface area contributed by atoms with Crippen molar-refractivity contribution in [1.82, 2.24) is 25.1 Å². The highest BCUT2D eigenvalue weighted by molar-refractivity contribution is 5.75. The average molecular weight is 261 g/mol. The van der Waals surface area contributed by atoms with E-state index in [2.05, 4.69) is 20.4 Å². The van der Waals surface area contributed by atoms with E-state index in [4.69, 9.17) is 0 Å². The molecule has 2 rings (SSSR count). The molecule has 0 aliphatic rings. The number of aromatic amines is 1. The minimum atomic E-state index is 0.0408. The van der Waals surface area contributed by atoms with Crippen molar-refractivity contribution in [1.29, 1.82) is 0 Å². The Morgan fingerprint density at radius 3 is 2.95 bits per heavy atom. The van der Waals surface area contributed by atoms with E-state index in [9.17, 15) is 4.79 Å². The predicted molar refractivity (Wildman–Crippen MR) is 71.6 cm³/mol. The predicted octanol–water partition coefficient (Wildman–Crippen LogP) is 0.972. The number of hydrogen-bond acceptors (Lipinski definition) is 3. The van der Waals surface area contributed by atoms with Crippen molar-refractivity contribution in [3.63, 3.8) is 0 Å². The number of carbonyl (C=O) groups excluding carboxylic acids is 1. The van der Waals surface area contributed by atoms with Crippen LogP contribution in [0.1, 0.15) is 23.6 Å². The van der Waals surface area contributed by atoms with E-state index in [1.807, 2.05) is 24.6 Å². The zero-order valence-electron chi connectivity index (χ0n) is 11.3. The van der Waals surface area contributed by atoms with E-state index in [1.165, 1.54) is 0 Å². The summed E-state index contributed by atoms with van der Waals surface area (Å²) in [4.78, 5) is 18.8. The maximum Gasteiger partial charge on any atom is 0.221 e. The summed E-state index contributed by atoms with van der Waals surface area (Å²) in [5.41, 5.74) is 2.07. The number of carbonyl (C=O) groups is 1. The molecule has 0 radical (unpaired) electrons. The molecule has 0 atom stereocenters. The van der Waals surface area contributed by atoms with E-state index in [0.717, 1.165) is 23.6 Å². The minimum Gasteiger partial charge on any atom is -0.356 e. The Labute approximate surface area is 112 Å². The number of aryl methyl sites for hydroxylation is 3. The third-order valence-electron chi connectivity index (χ3n) is 2.89. The van der Waals surface area contributed by atoms with Crippen LogP contribution in [0.3, 0.4) is 0 Å². The van der Waals surface area contributed by atoms with Gasteiger partial charge in [-0.1, -0.05) is 0 Å². The van der Waals surface area contributed by atoms with Crippen LogP contribution in [-0.2, 0) is 17.8 Å². The van der Waals surface area contributed by atoms with Crippen LogP contribution in [0.2, 0.25) is 0 Å². The second-order valence-electron chi connectivity index (χ2n) is 4.54. The van der Waals surface area contributed by atoms with Gasteiger partial charge >= 0.3 is 0 Å². The van der Waals surface area contributed by atoms with E-state index in [1.54, 1.807) is 12.4 Å². The van der Waals surface area contributed by atoms with Gasteiger partial charge in [-0.05, 0) is 19.9 Å². The highest BCUT2D eigenvalue weighted by Crippen LogP contribution is 2.02. The lowest BCUT2D eigenvalue weighted by Crippen LogP contribution is -2.27. The quantitative estimate of drug-likeness (QED) is 0.813. The Kier molecular flexibility index (Phi) is 4.33. The Balaban J connectivity index is 1.68. The maximum absolute atomic E-state index is 11.7. The lowest BCUT2D eigenvalue weighted by atomic mass is 10.3. The summed E-state index contributed by atoms with van der Waals surface area (Å²) in [6.07, 6.45) is 4.65. The molecule has 0 spiro atoms. The van der Waals surface area contributed by atoms with Gasteiger partial charge in [0.15, 0.2) is 0 Å². The summed E-state index contributed by atoms with van der Waals surface area (Å²) in [6.45, 7) is 5.16. The normalized spacial score (nSPS) is 10.6. The Hall–Kier alpha value is -2.11. The fraction of sp³-hybridized carbons (Fsp3) is 0.462. The second kappa shape index (κ2) is 6.17. The van der Waals surface area contributed by atoms with Crippen LogP contribution in [0, 0.1) is 13.8 Å². The largest absolute Gasteiger partial charge is 0.356 e. The average Bonchev–Trinajstić information content (AvgIpc) is 2.97. The standard InChI is InChI=1S/C13H19N5O/c1-10-9-11(2)18(17-10)8-4-13(19)16-5-3-12-14-6-7-15-12/h6-7,9H,3-5,8H2,1-2H3,(H,14,15)(H,16,19). The van der Waals surface area contributed by atoms with Crippen LogP contribution in [0.4, 0.5) is 0 Å². The molecular formula is C13H19N5O. The molecule has 2 aromatic rings. The fourth-order valence-electron chi connectivity index (χ4n) is 1.95. The van der Waals surface area contributed by atoms with Gasteiger partial charge in [-0.25, -0.2) is 4.98 Å². The molecule has 0 saturated heterocycles. The molecule has 0 fully saturated rings. The molecule has 1 amide bonds. The van der Waals surface area contributed by atoms with Crippen LogP contribution >= 0.6 is 0 Å². The van der Waals surface area contributed by atoms with Crippen molar-refractivity contribution in [3.8, 4) is 0 Å². The molecule has 0 unspecified atom stereocenters. The monoisotopic (exact) mass is 261 g/mol. The molecule has 2 aromatic heterocycles. The third-order valence-corrected chi connectivity index (χ3v) is 2.89. The van der Waals surface area contributed by atoms with Crippen LogP contribution in [0.15, 0.2) is 18.5 Å². The van der Waals surface area contributed by atoms with Crippen molar-refractivity contribution in [2.75, 3.05) is 6.54 Å². The van der Waals surface area contributed by atoms with Crippen LogP contribution < -0.4 is 5.32 Å². The van der Waals surface area contributed by atoms with Gasteiger partial charge in [0.2, 0.25) is 5.91 Å². The molecule has 2 heterocycles. The van der Waals surface area contributed by atoms with Crippen molar-refractivity contribution in [2.24, 2.45) is 0 Å². The topological polar surface area (TPSA) is 75.6 Å². The Morgan fingerprint density at radius 2 is 2.32 bits per heavy atom. The number of aromatic nitrogens is 4. The smallest absolute Gasteiger partial charge is 0.221 e. The van der Waals surface area contributed by atoms with Gasteiger partial charge in [0.05, 0.1) is 5.69 Å². The van der Waals surface area contributed by atoms with Gasteiger partial charge in [0.25, 0.3) is 0 Å². The summed E-state index contributed by atoms with van der Waals surface area (Å²) in [5, 5.41) is 7.20. The maximum atomic E-state index is 11.7. The molecule has 6 heteroatoms. The summed E-state index contributed by atoms with van der Waals surface area (Å²) >= 11 is 0. The summed E-state index contributed by atoms with van der Waals surface area (Å²) in [5.74, 6) is 0.929. The number of H-pyrrole nitrogens is 1. The molecule has 0 bridgehead atoms. The highest BCUT2D eigenvalue weighted by atomic mass is 16.1. The first kappa shape index (κ1) is 13.3. The molecule has 6 nitrogen and oxygen atoms in total. The molecule has 2 N–H and O–H groups in total. The molecule has 0 aliphatic heterocycles. The van der Waals surface area contributed by atoms with E-state index >= 15 is 0 Å². The molecule has 102 valence electrons. The van der Waals surface area contributed by atoms with Gasteiger partial charge in [-0.3, -0.25) is 9.48 Å². The van der Waals surface area contributed by atoms with Crippen molar-refractivity contribution < 1.29 is 4.79 Å². The summed E-state index contributed by atoms with van der Waals surface area (Å²) in [6, 6.07) is 2.01. The van der Waals surface area contributed by atoms with Gasteiger partial charge in [0, 0.05) is 44.0 Å². The lowest BCUT2D eigenvalue weighted by Gasteiger charge is -2.05. The van der Waals surface area contributed by atoms with E-state index in [-0.39, 0.29) is 5.91 Å². The number of rotatable bonds is 6. The zero-order valence-corrected chi connectivity index (χ0v) is 11.3. The molecule has 0 saturated carbocycles. The van der Waals surface area contributed by atoms with Crippen LogP contribution in [0.5, 0.6) is 0 Å². The van der Waals surface area contributed by atoms with Crippen molar-refractivity contribution in [3.05, 3.63) is 35.7 Å². The van der Waals surface area contributed by atoms with Gasteiger partial charge in [-0.2, -0.15) is 5.10 Å². The first-order valence-electron chi connectivity index (χ1n) is 6.41. The van der Waals surface area contributed by atoms with Crippen LogP contribution in [-0.4, -0.2) is 32.2 Å². The SMILES string of the molecule is Cc1cc(C)n(CCC(=O)NCCc2ncc[nH]2)n1. The van der Waals surface area contributed by atoms with Crippen LogP contribution in [0.25, 0.3) is 0 Å². The lowest BCUT2D eigenvalue weighted by molar-refractivity contribution is -0.121. The van der Waals surface area contributed by atoms with Gasteiger partial charge < -0.3 is 10.3 Å². The molecule has 19 heavy (non-hydrogen) atoms. The van der Waals surface area contributed by atoms with Crippen molar-refractivity contribution in [2.45, 2.75) is 33.2 Å². The molecule has 0 aromatic carbocycles. The molecule has 0 aliphatic carbocycles. The minimum absolute atomic E-state index is 0.0408. The third kappa shape index (κ3) is 3.94. The van der Waals surface area contributed by atoms with Gasteiger partial charge in [0.1, 0.15) is 5.82 Å². The van der Waals surface area contributed by atoms with E-state index in [0.29, 0.717) is 19.5 Å². The first-order chi connectivity index (χ1) is 9.15. The molecular weight excluding hydrogens is 242 g/mol. The second-order valence-corrected chi connectivity index (χ2v) is 4.54. The number of nitrogens with zero attached hydrogens (tertiary/aromatic N) is 3. The Morgan fingerprint density at radius 1 is 1.47 bits per heavy atom.